The zero-order chi connectivity index (χ0) is 14.4. The van der Waals surface area contributed by atoms with E-state index >= 15 is 0 Å². The minimum Gasteiger partial charge on any atom is -0.307 e. The van der Waals surface area contributed by atoms with E-state index in [-0.39, 0.29) is 22.8 Å². The number of carbonyl (C=O) groups excluding carboxylic acids is 1. The van der Waals surface area contributed by atoms with E-state index in [1.807, 2.05) is 11.0 Å². The fourth-order valence-corrected chi connectivity index (χ4v) is 2.85. The summed E-state index contributed by atoms with van der Waals surface area (Å²) in [5.74, 6) is 0.320. The van der Waals surface area contributed by atoms with Crippen molar-refractivity contribution in [1.29, 1.82) is 0 Å². The van der Waals surface area contributed by atoms with Crippen molar-refractivity contribution in [2.24, 2.45) is 11.3 Å². The van der Waals surface area contributed by atoms with Crippen LogP contribution in [0.4, 0.5) is 5.69 Å². The van der Waals surface area contributed by atoms with Gasteiger partial charge in [-0.2, -0.15) is 0 Å². The molecule has 1 aromatic carbocycles. The van der Waals surface area contributed by atoms with Crippen molar-refractivity contribution in [1.82, 2.24) is 0 Å². The molecule has 0 bridgehead atoms. The Morgan fingerprint density at radius 2 is 1.63 bits per heavy atom. The first-order valence-electron chi connectivity index (χ1n) is 7.04. The molecule has 1 amide bonds. The van der Waals surface area contributed by atoms with Crippen molar-refractivity contribution < 1.29 is 4.79 Å². The molecule has 0 N–H and O–H groups in total. The summed E-state index contributed by atoms with van der Waals surface area (Å²) in [6.45, 7) is 12.8. The van der Waals surface area contributed by atoms with E-state index in [1.165, 1.54) is 5.56 Å². The van der Waals surface area contributed by atoms with E-state index in [0.29, 0.717) is 0 Å². The van der Waals surface area contributed by atoms with Gasteiger partial charge in [-0.15, -0.1) is 0 Å². The maximum Gasteiger partial charge on any atom is 0.231 e. The molecule has 2 rings (SSSR count). The van der Waals surface area contributed by atoms with Crippen LogP contribution in [0.15, 0.2) is 24.3 Å². The summed E-state index contributed by atoms with van der Waals surface area (Å²) in [4.78, 5) is 14.9. The molecule has 0 fully saturated rings. The molecule has 0 aliphatic carbocycles. The standard InChI is InChI=1S/C17H25NO/c1-16(2,3)13-11-12-9-7-8-10-14(12)18(15(13)19)17(4,5)6/h7-10,13H,11H2,1-6H3. The summed E-state index contributed by atoms with van der Waals surface area (Å²) in [5.41, 5.74) is 2.18. The summed E-state index contributed by atoms with van der Waals surface area (Å²) >= 11 is 0. The van der Waals surface area contributed by atoms with Gasteiger partial charge >= 0.3 is 0 Å². The van der Waals surface area contributed by atoms with Gasteiger partial charge in [0.15, 0.2) is 0 Å². The van der Waals surface area contributed by atoms with Crippen LogP contribution in [-0.2, 0) is 11.2 Å². The van der Waals surface area contributed by atoms with Gasteiger partial charge < -0.3 is 4.90 Å². The zero-order valence-electron chi connectivity index (χ0n) is 12.9. The molecule has 1 atom stereocenters. The Morgan fingerprint density at radius 1 is 1.05 bits per heavy atom. The molecular formula is C17H25NO. The molecule has 0 aromatic heterocycles. The number of nitrogens with zero attached hydrogens (tertiary/aromatic N) is 1. The number of para-hydroxylation sites is 1. The Bertz CT molecular complexity index is 491. The lowest BCUT2D eigenvalue weighted by molar-refractivity contribution is -0.127. The van der Waals surface area contributed by atoms with Crippen molar-refractivity contribution in [3.8, 4) is 0 Å². The molecular weight excluding hydrogens is 234 g/mol. The topological polar surface area (TPSA) is 20.3 Å². The first-order chi connectivity index (χ1) is 8.62. The normalized spacial score (nSPS) is 20.4. The second kappa shape index (κ2) is 4.36. The summed E-state index contributed by atoms with van der Waals surface area (Å²) in [6.07, 6.45) is 0.852. The van der Waals surface area contributed by atoms with Crippen LogP contribution in [0, 0.1) is 11.3 Å². The summed E-state index contributed by atoms with van der Waals surface area (Å²) in [7, 11) is 0. The fraction of sp³-hybridized carbons (Fsp3) is 0.588. The number of amides is 1. The summed E-state index contributed by atoms with van der Waals surface area (Å²) in [6, 6.07) is 8.30. The zero-order valence-corrected chi connectivity index (χ0v) is 12.9. The number of fused-ring (bicyclic) bond motifs is 1. The number of rotatable bonds is 0. The van der Waals surface area contributed by atoms with Gasteiger partial charge in [0, 0.05) is 17.1 Å². The lowest BCUT2D eigenvalue weighted by Crippen LogP contribution is -2.54. The maximum atomic E-state index is 12.9. The molecule has 104 valence electrons. The van der Waals surface area contributed by atoms with Crippen LogP contribution in [0.25, 0.3) is 0 Å². The second-order valence-corrected chi connectivity index (χ2v) is 7.60. The third-order valence-electron chi connectivity index (χ3n) is 3.89. The predicted octanol–water partition coefficient (Wildman–Crippen LogP) is 4.04. The molecule has 1 aromatic rings. The Morgan fingerprint density at radius 3 is 2.16 bits per heavy atom. The average Bonchev–Trinajstić information content (AvgIpc) is 2.24. The van der Waals surface area contributed by atoms with Gasteiger partial charge in [-0.1, -0.05) is 39.0 Å². The molecule has 19 heavy (non-hydrogen) atoms. The number of carbonyl (C=O) groups is 1. The molecule has 0 saturated heterocycles. The lowest BCUT2D eigenvalue weighted by Gasteiger charge is -2.45. The van der Waals surface area contributed by atoms with Gasteiger partial charge in [-0.05, 0) is 44.2 Å². The molecule has 1 aliphatic heterocycles. The highest BCUT2D eigenvalue weighted by Gasteiger charge is 2.42. The number of benzene rings is 1. The minimum atomic E-state index is -0.183. The summed E-state index contributed by atoms with van der Waals surface area (Å²) in [5, 5.41) is 0. The Hall–Kier alpha value is -1.31. The highest BCUT2D eigenvalue weighted by atomic mass is 16.2. The van der Waals surface area contributed by atoms with Gasteiger partial charge in [0.2, 0.25) is 5.91 Å². The van der Waals surface area contributed by atoms with Gasteiger partial charge in [0.05, 0.1) is 0 Å². The fourth-order valence-electron chi connectivity index (χ4n) is 2.85. The SMILES string of the molecule is CC(C)(C)C1Cc2ccccc2N(C(C)(C)C)C1=O. The van der Waals surface area contributed by atoms with Crippen LogP contribution in [-0.4, -0.2) is 11.4 Å². The molecule has 2 nitrogen and oxygen atoms in total. The maximum absolute atomic E-state index is 12.9. The van der Waals surface area contributed by atoms with E-state index in [1.54, 1.807) is 0 Å². The van der Waals surface area contributed by atoms with Crippen LogP contribution in [0.1, 0.15) is 47.1 Å². The molecule has 1 unspecified atom stereocenters. The smallest absolute Gasteiger partial charge is 0.231 e. The lowest BCUT2D eigenvalue weighted by atomic mass is 9.73. The van der Waals surface area contributed by atoms with Crippen LogP contribution < -0.4 is 4.90 Å². The van der Waals surface area contributed by atoms with Gasteiger partial charge in [0.25, 0.3) is 0 Å². The quantitative estimate of drug-likeness (QED) is 0.688. The third kappa shape index (κ3) is 2.54. The van der Waals surface area contributed by atoms with E-state index in [2.05, 4.69) is 59.7 Å². The van der Waals surface area contributed by atoms with Crippen molar-refractivity contribution >= 4 is 11.6 Å². The van der Waals surface area contributed by atoms with Crippen LogP contribution in [0.3, 0.4) is 0 Å². The Kier molecular flexibility index (Phi) is 3.24. The molecule has 2 heteroatoms. The minimum absolute atomic E-state index is 0.00584. The Balaban J connectivity index is 2.56. The summed E-state index contributed by atoms with van der Waals surface area (Å²) < 4.78 is 0. The van der Waals surface area contributed by atoms with Crippen molar-refractivity contribution in [2.75, 3.05) is 4.90 Å². The first kappa shape index (κ1) is 14.1. The van der Waals surface area contributed by atoms with Crippen molar-refractivity contribution in [3.63, 3.8) is 0 Å². The van der Waals surface area contributed by atoms with Crippen LogP contribution >= 0.6 is 0 Å². The molecule has 1 heterocycles. The van der Waals surface area contributed by atoms with Crippen molar-refractivity contribution in [3.05, 3.63) is 29.8 Å². The van der Waals surface area contributed by atoms with E-state index in [0.717, 1.165) is 12.1 Å². The van der Waals surface area contributed by atoms with Gasteiger partial charge in [0.1, 0.15) is 0 Å². The van der Waals surface area contributed by atoms with Gasteiger partial charge in [-0.3, -0.25) is 4.79 Å². The molecule has 0 spiro atoms. The average molecular weight is 259 g/mol. The number of hydrogen-bond donors (Lipinski definition) is 0. The molecule has 1 aliphatic rings. The highest BCUT2D eigenvalue weighted by molar-refractivity contribution is 5.99. The molecule has 0 saturated carbocycles. The van der Waals surface area contributed by atoms with Crippen molar-refractivity contribution in [2.45, 2.75) is 53.5 Å². The van der Waals surface area contributed by atoms with E-state index in [9.17, 15) is 4.79 Å². The monoisotopic (exact) mass is 259 g/mol. The van der Waals surface area contributed by atoms with E-state index in [4.69, 9.17) is 0 Å². The first-order valence-corrected chi connectivity index (χ1v) is 7.04. The third-order valence-corrected chi connectivity index (χ3v) is 3.89. The van der Waals surface area contributed by atoms with Crippen LogP contribution in [0.2, 0.25) is 0 Å². The molecule has 0 radical (unpaired) electrons. The van der Waals surface area contributed by atoms with Gasteiger partial charge in [-0.25, -0.2) is 0 Å². The predicted molar refractivity (Wildman–Crippen MR) is 80.3 cm³/mol. The largest absolute Gasteiger partial charge is 0.307 e. The number of hydrogen-bond acceptors (Lipinski definition) is 1. The van der Waals surface area contributed by atoms with E-state index < -0.39 is 0 Å². The van der Waals surface area contributed by atoms with Crippen LogP contribution in [0.5, 0.6) is 0 Å². The second-order valence-electron chi connectivity index (χ2n) is 7.60. The highest BCUT2D eigenvalue weighted by Crippen LogP contribution is 2.41. The number of anilines is 1. The Labute approximate surface area is 116 Å².